The average Bonchev–Trinajstić information content (AvgIpc) is 3.07. The molecule has 0 atom stereocenters. The van der Waals surface area contributed by atoms with Crippen LogP contribution in [-0.4, -0.2) is 128 Å². The van der Waals surface area contributed by atoms with Crippen LogP contribution >= 0.6 is 97.7 Å². The van der Waals surface area contributed by atoms with Crippen molar-refractivity contribution >= 4 is 152 Å². The van der Waals surface area contributed by atoms with Crippen molar-refractivity contribution in [3.05, 3.63) is 48.6 Å². The van der Waals surface area contributed by atoms with E-state index in [0.717, 1.165) is 33.0 Å². The molecular formula is C22H24MoN10O4S10. The van der Waals surface area contributed by atoms with Gasteiger partial charge in [-0.15, -0.1) is 25.3 Å². The molecule has 2 aromatic heterocycles. The van der Waals surface area contributed by atoms with Crippen molar-refractivity contribution in [3.8, 4) is 0 Å². The van der Waals surface area contributed by atoms with Crippen LogP contribution in [0.1, 0.15) is 21.0 Å². The van der Waals surface area contributed by atoms with Crippen LogP contribution in [0.2, 0.25) is 0 Å². The van der Waals surface area contributed by atoms with Crippen molar-refractivity contribution in [3.63, 3.8) is 0 Å². The summed E-state index contributed by atoms with van der Waals surface area (Å²) in [6.45, 7) is 2.86. The van der Waals surface area contributed by atoms with Gasteiger partial charge in [0.15, 0.2) is 8.64 Å². The van der Waals surface area contributed by atoms with E-state index in [1.54, 1.807) is 0 Å². The number of hydrazine groups is 4. The van der Waals surface area contributed by atoms with Gasteiger partial charge >= 0.3 is 25.3 Å². The molecule has 0 unspecified atom stereocenters. The van der Waals surface area contributed by atoms with Crippen molar-refractivity contribution in [1.82, 2.24) is 50.2 Å². The molecule has 0 N–H and O–H groups in total. The van der Waals surface area contributed by atoms with E-state index in [-0.39, 0.29) is 28.7 Å². The fourth-order valence-electron chi connectivity index (χ4n) is 3.68. The van der Waals surface area contributed by atoms with Gasteiger partial charge in [-0.05, 0) is 33.1 Å². The number of rotatable bonds is 4. The summed E-state index contributed by atoms with van der Waals surface area (Å²) < 4.78 is 17.3. The molecule has 0 bridgehead atoms. The van der Waals surface area contributed by atoms with E-state index >= 15 is 0 Å². The maximum atomic E-state index is 12.7. The summed E-state index contributed by atoms with van der Waals surface area (Å²) in [5.74, 6) is 2.72. The molecule has 252 valence electrons. The van der Waals surface area contributed by atoms with Gasteiger partial charge in [0, 0.05) is 74.0 Å². The number of hydrogen-bond donors (Lipinski definition) is 2. The first-order valence-corrected chi connectivity index (χ1v) is 20.0. The molecule has 0 spiro atoms. The summed E-state index contributed by atoms with van der Waals surface area (Å²) in [5.41, 5.74) is 0.270. The zero-order valence-corrected chi connectivity index (χ0v) is 34.1. The molecule has 0 radical (unpaired) electrons. The average molecular weight is 909 g/mol. The fourth-order valence-corrected chi connectivity index (χ4v) is 6.92. The summed E-state index contributed by atoms with van der Waals surface area (Å²) in [4.78, 5) is 41.1. The van der Waals surface area contributed by atoms with Crippen LogP contribution in [0.4, 0.5) is 0 Å². The van der Waals surface area contributed by atoms with E-state index in [9.17, 15) is 9.59 Å². The Hall–Kier alpha value is -0.892. The minimum absolute atomic E-state index is 0.0507. The molecule has 4 heterocycles. The van der Waals surface area contributed by atoms with Crippen LogP contribution in [0.15, 0.2) is 37.2 Å². The number of thiocarbonyl (C=S) groups is 4. The molecule has 0 saturated carbocycles. The molecule has 2 saturated heterocycles. The van der Waals surface area contributed by atoms with Crippen molar-refractivity contribution in [2.45, 2.75) is 0 Å². The van der Waals surface area contributed by atoms with Crippen molar-refractivity contribution in [2.24, 2.45) is 0 Å². The number of nitrogens with zero attached hydrogens (tertiary/aromatic N) is 10. The predicted octanol–water partition coefficient (Wildman–Crippen LogP) is 2.05. The number of thioether (sulfide) groups is 2. The molecule has 2 amide bonds. The number of carbonyl (C=O) groups is 2. The third kappa shape index (κ3) is 13.4. The number of aromatic nitrogens is 4. The van der Waals surface area contributed by atoms with Gasteiger partial charge in [0.1, 0.15) is 11.4 Å². The first-order chi connectivity index (χ1) is 22.5. The Morgan fingerprint density at radius 3 is 1.26 bits per heavy atom. The van der Waals surface area contributed by atoms with Crippen molar-refractivity contribution in [1.29, 1.82) is 0 Å². The Balaban J connectivity index is 0.000000302. The summed E-state index contributed by atoms with van der Waals surface area (Å²) >= 11 is 40.7. The predicted molar refractivity (Wildman–Crippen MR) is 202 cm³/mol. The second-order valence-corrected chi connectivity index (χ2v) is 15.4. The number of carbonyl (C=O) groups excluding carboxylic acids is 2. The van der Waals surface area contributed by atoms with Gasteiger partial charge in [-0.2, -0.15) is 43.8 Å². The maximum absolute atomic E-state index is 12.7. The molecular weight excluding hydrogens is 885 g/mol. The SMILES string of the molecule is O=C(c1cnccn1)N(C(=S)[S-])N(C(=S)S)N1CCSCC1.O=C(c1cnccn1)N(C(=S)[S-])N(C(=S)S)N1CCSCC1.[O]=[Mo+2]=[O]. The molecule has 0 aromatic carbocycles. The topological polar surface area (TPSA) is 139 Å². The second-order valence-electron chi connectivity index (χ2n) is 8.29. The monoisotopic (exact) mass is 910 g/mol. The van der Waals surface area contributed by atoms with E-state index in [1.165, 1.54) is 47.4 Å². The van der Waals surface area contributed by atoms with Gasteiger partial charge in [-0.1, -0.05) is 0 Å². The Morgan fingerprint density at radius 2 is 1.02 bits per heavy atom. The van der Waals surface area contributed by atoms with Crippen LogP contribution in [0.5, 0.6) is 0 Å². The first-order valence-electron chi connectivity index (χ1n) is 12.7. The molecule has 47 heavy (non-hydrogen) atoms. The van der Waals surface area contributed by atoms with Crippen LogP contribution in [0, 0.1) is 0 Å². The summed E-state index contributed by atoms with van der Waals surface area (Å²) in [5, 5.41) is 8.98. The van der Waals surface area contributed by atoms with Crippen LogP contribution < -0.4 is 0 Å². The van der Waals surface area contributed by atoms with Gasteiger partial charge in [0.2, 0.25) is 0 Å². The van der Waals surface area contributed by atoms with Gasteiger partial charge in [-0.3, -0.25) is 19.6 Å². The third-order valence-electron chi connectivity index (χ3n) is 5.53. The normalized spacial score (nSPS) is 14.3. The van der Waals surface area contributed by atoms with E-state index in [2.05, 4.69) is 45.2 Å². The van der Waals surface area contributed by atoms with E-state index in [0.29, 0.717) is 26.2 Å². The minimum atomic E-state index is -2.03. The molecule has 25 heteroatoms. The van der Waals surface area contributed by atoms with Gasteiger partial charge < -0.3 is 49.7 Å². The Kier molecular flexibility index (Phi) is 20.5. The van der Waals surface area contributed by atoms with Crippen molar-refractivity contribution in [2.75, 3.05) is 49.2 Å². The molecule has 4 rings (SSSR count). The molecule has 2 fully saturated rings. The molecule has 14 nitrogen and oxygen atoms in total. The van der Waals surface area contributed by atoms with Crippen LogP contribution in [0.25, 0.3) is 0 Å². The molecule has 0 aliphatic carbocycles. The van der Waals surface area contributed by atoms with E-state index in [4.69, 9.17) is 80.9 Å². The zero-order chi connectivity index (χ0) is 34.9. The number of amides is 2. The second kappa shape index (κ2) is 22.8. The van der Waals surface area contributed by atoms with E-state index in [1.807, 2.05) is 33.5 Å². The van der Waals surface area contributed by atoms with Crippen LogP contribution in [0.3, 0.4) is 0 Å². The molecule has 2 aliphatic heterocycles. The summed E-state index contributed by atoms with van der Waals surface area (Å²) in [7, 11) is 0. The van der Waals surface area contributed by atoms with Crippen molar-refractivity contribution < 1.29 is 34.9 Å². The Labute approximate surface area is 331 Å². The third-order valence-corrected chi connectivity index (χ3v) is 8.79. The number of thiol groups is 2. The van der Waals surface area contributed by atoms with Gasteiger partial charge in [0.05, 0.1) is 12.4 Å². The zero-order valence-electron chi connectivity index (χ0n) is 23.8. The molecule has 2 aromatic rings. The first kappa shape index (κ1) is 42.3. The standard InChI is InChI=1S/2C11H13N5OS5.Mo.2O/c2*17-9(8-7-12-1-2-13-8)15(10(18)19)16(11(20)21)14-3-5-22-6-4-14;;;/h2*1-2,7H,3-6H2,(H,18,19)(H,20,21);;;/q;;+2;;/p-2. The quantitative estimate of drug-likeness (QED) is 0.152. The Morgan fingerprint density at radius 1 is 0.702 bits per heavy atom. The summed E-state index contributed by atoms with van der Waals surface area (Å²) in [6, 6.07) is 0. The van der Waals surface area contributed by atoms with Gasteiger partial charge in [-0.25, -0.2) is 20.0 Å². The summed E-state index contributed by atoms with van der Waals surface area (Å²) in [6.07, 6.45) is 8.53. The number of hydrogen-bond acceptors (Lipinski definition) is 18. The van der Waals surface area contributed by atoms with E-state index < -0.39 is 30.3 Å². The Bertz CT molecular complexity index is 1330. The molecule has 2 aliphatic rings. The van der Waals surface area contributed by atoms with Crippen LogP contribution in [-0.2, 0) is 50.5 Å². The van der Waals surface area contributed by atoms with Gasteiger partial charge in [0.25, 0.3) is 11.8 Å². The fraction of sp³-hybridized carbons (Fsp3) is 0.364.